The van der Waals surface area contributed by atoms with Gasteiger partial charge in [-0.05, 0) is 29.7 Å². The molecule has 3 heteroatoms. The van der Waals surface area contributed by atoms with Crippen LogP contribution in [0.3, 0.4) is 0 Å². The Hall–Kier alpha value is -1.80. The van der Waals surface area contributed by atoms with Gasteiger partial charge in [0, 0.05) is 18.0 Å². The lowest BCUT2D eigenvalue weighted by Crippen LogP contribution is -2.30. The molecule has 0 saturated carbocycles. The van der Waals surface area contributed by atoms with Gasteiger partial charge in [-0.25, -0.2) is 0 Å². The first-order valence-corrected chi connectivity index (χ1v) is 7.23. The van der Waals surface area contributed by atoms with E-state index < -0.39 is 0 Å². The average molecular weight is 286 g/mol. The van der Waals surface area contributed by atoms with Gasteiger partial charge >= 0.3 is 0 Å². The van der Waals surface area contributed by atoms with Crippen molar-refractivity contribution in [2.24, 2.45) is 0 Å². The minimum Gasteiger partial charge on any atom is -0.332 e. The Morgan fingerprint density at radius 3 is 2.20 bits per heavy atom. The highest BCUT2D eigenvalue weighted by Crippen LogP contribution is 2.32. The van der Waals surface area contributed by atoms with Crippen molar-refractivity contribution in [2.75, 3.05) is 6.54 Å². The zero-order chi connectivity index (χ0) is 13.9. The second-order valence-electron chi connectivity index (χ2n) is 5.06. The van der Waals surface area contributed by atoms with Crippen LogP contribution >= 0.6 is 11.6 Å². The number of hydrogen-bond donors (Lipinski definition) is 0. The number of hydrogen-bond acceptors (Lipinski definition) is 1. The van der Waals surface area contributed by atoms with Gasteiger partial charge in [-0.2, -0.15) is 0 Å². The highest BCUT2D eigenvalue weighted by atomic mass is 35.5. The minimum absolute atomic E-state index is 0.0107. The smallest absolute Gasteiger partial charge is 0.223 e. The van der Waals surface area contributed by atoms with Gasteiger partial charge in [0.25, 0.3) is 0 Å². The molecule has 3 rings (SSSR count). The topological polar surface area (TPSA) is 20.3 Å². The molecule has 1 amide bonds. The molecule has 0 bridgehead atoms. The zero-order valence-electron chi connectivity index (χ0n) is 11.1. The quantitative estimate of drug-likeness (QED) is 0.833. The Kier molecular flexibility index (Phi) is 3.75. The van der Waals surface area contributed by atoms with Crippen LogP contribution in [0.15, 0.2) is 54.6 Å². The summed E-state index contributed by atoms with van der Waals surface area (Å²) in [5, 5.41) is 0.716. The van der Waals surface area contributed by atoms with E-state index >= 15 is 0 Å². The molecule has 0 aromatic heterocycles. The fourth-order valence-electron chi connectivity index (χ4n) is 2.77. The molecule has 2 aromatic rings. The maximum absolute atomic E-state index is 12.1. The lowest BCUT2D eigenvalue weighted by molar-refractivity contribution is -0.129. The Labute approximate surface area is 124 Å². The van der Waals surface area contributed by atoms with Crippen LogP contribution in [0.5, 0.6) is 0 Å². The fraction of sp³-hybridized carbons (Fsp3) is 0.235. The van der Waals surface area contributed by atoms with Crippen LogP contribution in [-0.4, -0.2) is 17.4 Å². The first-order chi connectivity index (χ1) is 9.75. The largest absolute Gasteiger partial charge is 0.332 e. The molecule has 1 unspecified atom stereocenters. The van der Waals surface area contributed by atoms with Gasteiger partial charge in [0.05, 0.1) is 6.04 Å². The Morgan fingerprint density at radius 1 is 0.950 bits per heavy atom. The van der Waals surface area contributed by atoms with E-state index in [2.05, 4.69) is 12.1 Å². The predicted molar refractivity (Wildman–Crippen MR) is 80.7 cm³/mol. The molecule has 2 nitrogen and oxygen atoms in total. The van der Waals surface area contributed by atoms with Gasteiger partial charge in [-0.3, -0.25) is 4.79 Å². The van der Waals surface area contributed by atoms with E-state index in [0.29, 0.717) is 11.4 Å². The molecule has 1 fully saturated rings. The SMILES string of the molecule is O=C1CCCN1C(c1ccccc1)c1ccc(Cl)cc1. The summed E-state index contributed by atoms with van der Waals surface area (Å²) in [6.45, 7) is 0.820. The molecule has 0 radical (unpaired) electrons. The fourth-order valence-corrected chi connectivity index (χ4v) is 2.90. The molecule has 1 aliphatic rings. The standard InChI is InChI=1S/C17H16ClNO/c18-15-10-8-14(9-11-15)17(13-5-2-1-3-6-13)19-12-4-7-16(19)20/h1-3,5-6,8-11,17H,4,7,12H2. The molecular weight excluding hydrogens is 270 g/mol. The number of carbonyl (C=O) groups is 1. The molecule has 2 aromatic carbocycles. The summed E-state index contributed by atoms with van der Waals surface area (Å²) in [6.07, 6.45) is 1.59. The van der Waals surface area contributed by atoms with Gasteiger partial charge in [0.2, 0.25) is 5.91 Å². The van der Waals surface area contributed by atoms with Crippen LogP contribution in [0.25, 0.3) is 0 Å². The van der Waals surface area contributed by atoms with Crippen molar-refractivity contribution in [3.8, 4) is 0 Å². The van der Waals surface area contributed by atoms with E-state index in [-0.39, 0.29) is 11.9 Å². The number of nitrogens with zero attached hydrogens (tertiary/aromatic N) is 1. The predicted octanol–water partition coefficient (Wildman–Crippen LogP) is 4.05. The summed E-state index contributed by atoms with van der Waals surface area (Å²) in [7, 11) is 0. The molecule has 1 aliphatic heterocycles. The highest BCUT2D eigenvalue weighted by molar-refractivity contribution is 6.30. The van der Waals surface area contributed by atoms with E-state index in [0.717, 1.165) is 24.1 Å². The van der Waals surface area contributed by atoms with Gasteiger partial charge in [-0.1, -0.05) is 54.1 Å². The van der Waals surface area contributed by atoms with Crippen molar-refractivity contribution in [2.45, 2.75) is 18.9 Å². The van der Waals surface area contributed by atoms with Crippen molar-refractivity contribution in [1.82, 2.24) is 4.90 Å². The maximum atomic E-state index is 12.1. The number of amides is 1. The number of halogens is 1. The van der Waals surface area contributed by atoms with Crippen LogP contribution in [0.1, 0.15) is 30.0 Å². The van der Waals surface area contributed by atoms with E-state index in [9.17, 15) is 4.79 Å². The van der Waals surface area contributed by atoms with Gasteiger partial charge in [-0.15, -0.1) is 0 Å². The normalized spacial score (nSPS) is 16.4. The average Bonchev–Trinajstić information content (AvgIpc) is 2.89. The van der Waals surface area contributed by atoms with Crippen LogP contribution in [0.2, 0.25) is 5.02 Å². The second-order valence-corrected chi connectivity index (χ2v) is 5.49. The van der Waals surface area contributed by atoms with E-state index in [4.69, 9.17) is 11.6 Å². The van der Waals surface area contributed by atoms with Gasteiger partial charge in [0.1, 0.15) is 0 Å². The number of carbonyl (C=O) groups excluding carboxylic acids is 1. The second kappa shape index (κ2) is 5.68. The number of benzene rings is 2. The Bertz CT molecular complexity index is 594. The Balaban J connectivity index is 2.03. The van der Waals surface area contributed by atoms with Crippen molar-refractivity contribution < 1.29 is 4.79 Å². The van der Waals surface area contributed by atoms with Crippen molar-refractivity contribution in [3.63, 3.8) is 0 Å². The summed E-state index contributed by atoms with van der Waals surface area (Å²) in [4.78, 5) is 14.1. The molecular formula is C17H16ClNO. The van der Waals surface area contributed by atoms with Gasteiger partial charge in [0.15, 0.2) is 0 Å². The summed E-state index contributed by atoms with van der Waals surface area (Å²) in [6, 6.07) is 17.9. The lowest BCUT2D eigenvalue weighted by Gasteiger charge is -2.28. The van der Waals surface area contributed by atoms with Crippen molar-refractivity contribution >= 4 is 17.5 Å². The molecule has 0 N–H and O–H groups in total. The summed E-state index contributed by atoms with van der Waals surface area (Å²) in [5.41, 5.74) is 2.25. The maximum Gasteiger partial charge on any atom is 0.223 e. The number of rotatable bonds is 3. The first kappa shape index (κ1) is 13.2. The van der Waals surface area contributed by atoms with E-state index in [1.54, 1.807) is 0 Å². The molecule has 1 atom stereocenters. The molecule has 20 heavy (non-hydrogen) atoms. The van der Waals surface area contributed by atoms with Crippen LogP contribution < -0.4 is 0 Å². The third-order valence-electron chi connectivity index (χ3n) is 3.72. The van der Waals surface area contributed by atoms with Crippen LogP contribution in [-0.2, 0) is 4.79 Å². The van der Waals surface area contributed by atoms with E-state index in [1.165, 1.54) is 0 Å². The first-order valence-electron chi connectivity index (χ1n) is 6.85. The number of likely N-dealkylation sites (tertiary alicyclic amines) is 1. The molecule has 102 valence electrons. The Morgan fingerprint density at radius 2 is 1.60 bits per heavy atom. The molecule has 0 spiro atoms. The highest BCUT2D eigenvalue weighted by Gasteiger charge is 2.29. The monoisotopic (exact) mass is 285 g/mol. The molecule has 1 saturated heterocycles. The third kappa shape index (κ3) is 2.56. The van der Waals surface area contributed by atoms with Crippen molar-refractivity contribution in [1.29, 1.82) is 0 Å². The van der Waals surface area contributed by atoms with Crippen LogP contribution in [0.4, 0.5) is 0 Å². The third-order valence-corrected chi connectivity index (χ3v) is 3.97. The van der Waals surface area contributed by atoms with Crippen LogP contribution in [0, 0.1) is 0 Å². The minimum atomic E-state index is -0.0107. The van der Waals surface area contributed by atoms with Crippen molar-refractivity contribution in [3.05, 3.63) is 70.7 Å². The summed E-state index contributed by atoms with van der Waals surface area (Å²) >= 11 is 5.97. The molecule has 0 aliphatic carbocycles. The van der Waals surface area contributed by atoms with Gasteiger partial charge < -0.3 is 4.90 Å². The molecule has 1 heterocycles. The lowest BCUT2D eigenvalue weighted by atomic mass is 9.97. The summed E-state index contributed by atoms with van der Waals surface area (Å²) in [5.74, 6) is 0.230. The van der Waals surface area contributed by atoms with E-state index in [1.807, 2.05) is 47.4 Å². The summed E-state index contributed by atoms with van der Waals surface area (Å²) < 4.78 is 0. The zero-order valence-corrected chi connectivity index (χ0v) is 11.9.